The number of aliphatic hydroxyl groups is 1. The Balaban J connectivity index is 2.36. The first-order chi connectivity index (χ1) is 8.72. The van der Waals surface area contributed by atoms with Crippen molar-refractivity contribution in [2.24, 2.45) is 0 Å². The first kappa shape index (κ1) is 12.3. The molecule has 18 heavy (non-hydrogen) atoms. The van der Waals surface area contributed by atoms with Gasteiger partial charge in [0.05, 0.1) is 4.92 Å². The number of nitro groups is 1. The Hall–Kier alpha value is -2.21. The van der Waals surface area contributed by atoms with Crippen molar-refractivity contribution in [3.05, 3.63) is 40.4 Å². The van der Waals surface area contributed by atoms with Crippen LogP contribution in [0.3, 0.4) is 0 Å². The number of para-hydroxylation sites is 1. The molecule has 0 spiro atoms. The molecule has 1 aromatic heterocycles. The maximum absolute atomic E-state index is 10.9. The van der Waals surface area contributed by atoms with E-state index < -0.39 is 4.92 Å². The summed E-state index contributed by atoms with van der Waals surface area (Å²) in [6, 6.07) is 8.42. The number of fused-ring (bicyclic) bond motifs is 1. The highest BCUT2D eigenvalue weighted by Gasteiger charge is 2.12. The summed E-state index contributed by atoms with van der Waals surface area (Å²) in [6.45, 7) is 0.677. The van der Waals surface area contributed by atoms with Crippen LogP contribution in [0.5, 0.6) is 0 Å². The van der Waals surface area contributed by atoms with Gasteiger partial charge in [0.2, 0.25) is 0 Å². The van der Waals surface area contributed by atoms with E-state index in [9.17, 15) is 10.1 Å². The van der Waals surface area contributed by atoms with E-state index in [1.807, 2.05) is 0 Å². The summed E-state index contributed by atoms with van der Waals surface area (Å²) < 4.78 is 0. The fourth-order valence-corrected chi connectivity index (χ4v) is 1.67. The van der Waals surface area contributed by atoms with Crippen LogP contribution < -0.4 is 5.32 Å². The molecule has 0 aliphatic carbocycles. The van der Waals surface area contributed by atoms with Crippen molar-refractivity contribution >= 4 is 22.4 Å². The Morgan fingerprint density at radius 2 is 2.17 bits per heavy atom. The molecule has 6 heteroatoms. The Bertz CT molecular complexity index is 571. The zero-order valence-corrected chi connectivity index (χ0v) is 9.67. The molecule has 0 atom stereocenters. The summed E-state index contributed by atoms with van der Waals surface area (Å²) in [7, 11) is 0. The normalized spacial score (nSPS) is 10.5. The zero-order chi connectivity index (χ0) is 13.0. The lowest BCUT2D eigenvalue weighted by atomic mass is 10.2. The quantitative estimate of drug-likeness (QED) is 0.479. The third kappa shape index (κ3) is 2.54. The fraction of sp³-hybridized carbons (Fsp3) is 0.250. The molecule has 1 heterocycles. The molecule has 0 saturated heterocycles. The van der Waals surface area contributed by atoms with Crippen LogP contribution in [0.4, 0.5) is 11.5 Å². The van der Waals surface area contributed by atoms with Gasteiger partial charge in [0.25, 0.3) is 5.69 Å². The molecule has 6 nitrogen and oxygen atoms in total. The molecule has 2 aromatic rings. The molecular weight excluding hydrogens is 234 g/mol. The number of aromatic nitrogens is 1. The average molecular weight is 247 g/mol. The number of pyridine rings is 1. The number of hydrogen-bond acceptors (Lipinski definition) is 5. The number of rotatable bonds is 5. The van der Waals surface area contributed by atoms with Crippen LogP contribution in [-0.2, 0) is 0 Å². The third-order valence-electron chi connectivity index (χ3n) is 2.54. The van der Waals surface area contributed by atoms with Gasteiger partial charge in [-0.25, -0.2) is 4.98 Å². The van der Waals surface area contributed by atoms with E-state index in [1.54, 1.807) is 24.3 Å². The number of nitro benzene ring substituents is 1. The number of anilines is 1. The smallest absolute Gasteiger partial charge is 0.295 e. The van der Waals surface area contributed by atoms with Gasteiger partial charge in [-0.2, -0.15) is 0 Å². The molecule has 0 fully saturated rings. The van der Waals surface area contributed by atoms with Gasteiger partial charge in [0.1, 0.15) is 5.82 Å². The number of non-ortho nitro benzene ring substituents is 1. The van der Waals surface area contributed by atoms with Crippen LogP contribution in [-0.4, -0.2) is 28.2 Å². The highest BCUT2D eigenvalue weighted by molar-refractivity contribution is 5.88. The molecule has 0 unspecified atom stereocenters. The van der Waals surface area contributed by atoms with Crippen LogP contribution in [0.1, 0.15) is 6.42 Å². The summed E-state index contributed by atoms with van der Waals surface area (Å²) in [6.07, 6.45) is 0.608. The summed E-state index contributed by atoms with van der Waals surface area (Å²) in [5, 5.41) is 23.3. The largest absolute Gasteiger partial charge is 0.396 e. The second kappa shape index (κ2) is 5.42. The minimum absolute atomic E-state index is 0.00157. The number of aliphatic hydroxyl groups excluding tert-OH is 1. The standard InChI is InChI=1S/C12H13N3O3/c16-8-2-7-13-11-6-5-9-3-1-4-10(15(17)18)12(9)14-11/h1,3-6,16H,2,7-8H2,(H,13,14). The van der Waals surface area contributed by atoms with Crippen molar-refractivity contribution in [3.63, 3.8) is 0 Å². The molecule has 94 valence electrons. The first-order valence-corrected chi connectivity index (χ1v) is 5.61. The van der Waals surface area contributed by atoms with E-state index in [4.69, 9.17) is 5.11 Å². The molecule has 2 N–H and O–H groups in total. The molecule has 2 rings (SSSR count). The van der Waals surface area contributed by atoms with Gasteiger partial charge in [0, 0.05) is 24.6 Å². The SMILES string of the molecule is O=[N+]([O-])c1cccc2ccc(NCCCO)nc12. The van der Waals surface area contributed by atoms with Crippen molar-refractivity contribution < 1.29 is 10.0 Å². The monoisotopic (exact) mass is 247 g/mol. The van der Waals surface area contributed by atoms with Crippen LogP contribution >= 0.6 is 0 Å². The van der Waals surface area contributed by atoms with Gasteiger partial charge in [0.15, 0.2) is 5.52 Å². The van der Waals surface area contributed by atoms with Crippen molar-refractivity contribution in [1.29, 1.82) is 0 Å². The van der Waals surface area contributed by atoms with Crippen LogP contribution in [0, 0.1) is 10.1 Å². The lowest BCUT2D eigenvalue weighted by Crippen LogP contribution is -2.05. The van der Waals surface area contributed by atoms with Crippen molar-refractivity contribution in [2.45, 2.75) is 6.42 Å². The lowest BCUT2D eigenvalue weighted by molar-refractivity contribution is -0.383. The molecule has 0 aliphatic heterocycles. The van der Waals surface area contributed by atoms with Gasteiger partial charge in [-0.05, 0) is 18.6 Å². The number of hydrogen-bond donors (Lipinski definition) is 2. The Kier molecular flexibility index (Phi) is 3.69. The van der Waals surface area contributed by atoms with E-state index in [1.165, 1.54) is 6.07 Å². The summed E-state index contributed by atoms with van der Waals surface area (Å²) in [4.78, 5) is 14.7. The first-order valence-electron chi connectivity index (χ1n) is 5.61. The highest BCUT2D eigenvalue weighted by atomic mass is 16.6. The van der Waals surface area contributed by atoms with E-state index in [-0.39, 0.29) is 12.3 Å². The molecular formula is C12H13N3O3. The summed E-state index contributed by atoms with van der Waals surface area (Å²) in [5.41, 5.74) is 0.370. The molecule has 1 aromatic carbocycles. The molecule has 0 amide bonds. The van der Waals surface area contributed by atoms with Crippen LogP contribution in [0.2, 0.25) is 0 Å². The molecule has 0 radical (unpaired) electrons. The molecule has 0 bridgehead atoms. The zero-order valence-electron chi connectivity index (χ0n) is 9.67. The highest BCUT2D eigenvalue weighted by Crippen LogP contribution is 2.24. The van der Waals surface area contributed by atoms with Gasteiger partial charge in [-0.3, -0.25) is 10.1 Å². The molecule has 0 aliphatic rings. The van der Waals surface area contributed by atoms with E-state index in [2.05, 4.69) is 10.3 Å². The second-order valence-electron chi connectivity index (χ2n) is 3.81. The predicted octanol–water partition coefficient (Wildman–Crippen LogP) is 1.94. The number of nitrogens with zero attached hydrogens (tertiary/aromatic N) is 2. The van der Waals surface area contributed by atoms with Gasteiger partial charge < -0.3 is 10.4 Å². The predicted molar refractivity (Wildman–Crippen MR) is 68.6 cm³/mol. The minimum atomic E-state index is -0.438. The van der Waals surface area contributed by atoms with E-state index in [0.29, 0.717) is 24.3 Å². The van der Waals surface area contributed by atoms with Crippen molar-refractivity contribution in [1.82, 2.24) is 4.98 Å². The van der Waals surface area contributed by atoms with E-state index in [0.717, 1.165) is 5.39 Å². The number of nitrogens with one attached hydrogen (secondary N) is 1. The lowest BCUT2D eigenvalue weighted by Gasteiger charge is -2.05. The Morgan fingerprint density at radius 1 is 1.33 bits per heavy atom. The fourth-order valence-electron chi connectivity index (χ4n) is 1.67. The van der Waals surface area contributed by atoms with Gasteiger partial charge in [-0.1, -0.05) is 12.1 Å². The third-order valence-corrected chi connectivity index (χ3v) is 2.54. The number of benzene rings is 1. The Labute approximate surface area is 103 Å². The maximum atomic E-state index is 10.9. The molecule has 0 saturated carbocycles. The maximum Gasteiger partial charge on any atom is 0.295 e. The average Bonchev–Trinajstić information content (AvgIpc) is 2.38. The second-order valence-corrected chi connectivity index (χ2v) is 3.81. The Morgan fingerprint density at radius 3 is 2.89 bits per heavy atom. The summed E-state index contributed by atoms with van der Waals surface area (Å²) >= 11 is 0. The topological polar surface area (TPSA) is 88.3 Å². The van der Waals surface area contributed by atoms with Crippen LogP contribution in [0.25, 0.3) is 10.9 Å². The van der Waals surface area contributed by atoms with Gasteiger partial charge >= 0.3 is 0 Å². The summed E-state index contributed by atoms with van der Waals surface area (Å²) in [5.74, 6) is 0.574. The van der Waals surface area contributed by atoms with Gasteiger partial charge in [-0.15, -0.1) is 0 Å². The van der Waals surface area contributed by atoms with Crippen molar-refractivity contribution in [2.75, 3.05) is 18.5 Å². The van der Waals surface area contributed by atoms with Crippen molar-refractivity contribution in [3.8, 4) is 0 Å². The van der Waals surface area contributed by atoms with E-state index >= 15 is 0 Å². The van der Waals surface area contributed by atoms with Crippen LogP contribution in [0.15, 0.2) is 30.3 Å². The minimum Gasteiger partial charge on any atom is -0.396 e.